The fourth-order valence-corrected chi connectivity index (χ4v) is 2.23. The summed E-state index contributed by atoms with van der Waals surface area (Å²) >= 11 is 1.81. The van der Waals surface area contributed by atoms with Gasteiger partial charge < -0.3 is 9.79 Å². The lowest BCUT2D eigenvalue weighted by Crippen LogP contribution is -1.96. The van der Waals surface area contributed by atoms with Crippen LogP contribution in [0.25, 0.3) is 0 Å². The van der Waals surface area contributed by atoms with Gasteiger partial charge in [-0.15, -0.1) is 0 Å². The molecule has 0 radical (unpaired) electrons. The zero-order valence-corrected chi connectivity index (χ0v) is 11.6. The maximum absolute atomic E-state index is 8.36. The van der Waals surface area contributed by atoms with E-state index in [4.69, 9.17) is 9.79 Å². The van der Waals surface area contributed by atoms with Gasteiger partial charge >= 0.3 is 8.60 Å². The van der Waals surface area contributed by atoms with E-state index < -0.39 is 8.60 Å². The van der Waals surface area contributed by atoms with Crippen LogP contribution in [0.4, 0.5) is 0 Å². The van der Waals surface area contributed by atoms with E-state index in [2.05, 4.69) is 16.5 Å². The lowest BCUT2D eigenvalue weighted by Gasteiger charge is -2.03. The minimum absolute atomic E-state index is 0.403. The highest BCUT2D eigenvalue weighted by Gasteiger charge is 1.99. The molecule has 0 aromatic heterocycles. The number of rotatable bonds is 12. The van der Waals surface area contributed by atoms with Crippen molar-refractivity contribution >= 4 is 20.4 Å². The summed E-state index contributed by atoms with van der Waals surface area (Å²) in [5.74, 6) is 1.97. The molecule has 0 amide bonds. The van der Waals surface area contributed by atoms with E-state index >= 15 is 0 Å². The molecule has 0 aromatic carbocycles. The van der Waals surface area contributed by atoms with Crippen molar-refractivity contribution in [3.8, 4) is 0 Å². The van der Waals surface area contributed by atoms with Crippen LogP contribution < -0.4 is 0 Å². The molecular formula is C10H23O4PS. The Morgan fingerprint density at radius 3 is 2.38 bits per heavy atom. The first-order valence-corrected chi connectivity index (χ1v) is 8.14. The summed E-state index contributed by atoms with van der Waals surface area (Å²) in [6.07, 6.45) is 7.90. The maximum Gasteiger partial charge on any atom is 0.357 e. The van der Waals surface area contributed by atoms with Crippen LogP contribution in [0.2, 0.25) is 0 Å². The SMILES string of the molecule is CCCCCCCCSCCOOP(O)O. The molecule has 0 aliphatic rings. The summed E-state index contributed by atoms with van der Waals surface area (Å²) in [5.41, 5.74) is 0. The minimum atomic E-state index is -2.37. The molecule has 2 N–H and O–H groups in total. The van der Waals surface area contributed by atoms with Crippen LogP contribution in [0.15, 0.2) is 0 Å². The maximum atomic E-state index is 8.36. The minimum Gasteiger partial charge on any atom is -0.327 e. The number of unbranched alkanes of at least 4 members (excludes halogenated alkanes) is 5. The Labute approximate surface area is 104 Å². The van der Waals surface area contributed by atoms with Crippen LogP contribution in [-0.4, -0.2) is 27.9 Å². The molecule has 0 fully saturated rings. The quantitative estimate of drug-likeness (QED) is 0.247. The first-order chi connectivity index (χ1) is 7.77. The Hall–Kier alpha value is 0.620. The molecule has 0 aromatic rings. The average molecular weight is 270 g/mol. The van der Waals surface area contributed by atoms with Gasteiger partial charge in [-0.2, -0.15) is 16.4 Å². The van der Waals surface area contributed by atoms with Crippen molar-refractivity contribution in [3.05, 3.63) is 0 Å². The monoisotopic (exact) mass is 270 g/mol. The van der Waals surface area contributed by atoms with Gasteiger partial charge in [0.15, 0.2) is 0 Å². The van der Waals surface area contributed by atoms with E-state index in [0.717, 1.165) is 11.5 Å². The van der Waals surface area contributed by atoms with Gasteiger partial charge in [-0.25, -0.2) is 4.89 Å². The third kappa shape index (κ3) is 14.6. The second-order valence-corrected chi connectivity index (χ2v) is 5.41. The molecule has 4 nitrogen and oxygen atoms in total. The van der Waals surface area contributed by atoms with Crippen molar-refractivity contribution in [2.24, 2.45) is 0 Å². The number of thioether (sulfide) groups is 1. The van der Waals surface area contributed by atoms with Gasteiger partial charge in [0, 0.05) is 5.75 Å². The van der Waals surface area contributed by atoms with Crippen molar-refractivity contribution < 1.29 is 19.3 Å². The zero-order valence-electron chi connectivity index (χ0n) is 9.93. The highest BCUT2D eigenvalue weighted by Crippen LogP contribution is 2.24. The highest BCUT2D eigenvalue weighted by atomic mass is 32.2. The first-order valence-electron chi connectivity index (χ1n) is 5.82. The Bertz CT molecular complexity index is 138. The molecule has 6 heteroatoms. The molecular weight excluding hydrogens is 247 g/mol. The van der Waals surface area contributed by atoms with Crippen molar-refractivity contribution in [2.45, 2.75) is 45.4 Å². The molecule has 0 aliphatic heterocycles. The predicted molar refractivity (Wildman–Crippen MR) is 69.1 cm³/mol. The molecule has 0 rings (SSSR count). The lowest BCUT2D eigenvalue weighted by atomic mass is 10.1. The summed E-state index contributed by atoms with van der Waals surface area (Å²) in [4.78, 5) is 21.3. The molecule has 0 heterocycles. The Balaban J connectivity index is 2.88. The normalized spacial score (nSPS) is 11.2. The standard InChI is InChI=1S/C10H23O4PS/c1-2-3-4-5-6-7-9-16-10-8-13-14-15(11)12/h11-12H,2-10H2,1H3. The van der Waals surface area contributed by atoms with E-state index in [-0.39, 0.29) is 0 Å². The average Bonchev–Trinajstić information content (AvgIpc) is 2.25. The van der Waals surface area contributed by atoms with E-state index in [1.54, 1.807) is 0 Å². The molecule has 0 bridgehead atoms. The topological polar surface area (TPSA) is 58.9 Å². The van der Waals surface area contributed by atoms with Crippen molar-refractivity contribution in [1.82, 2.24) is 0 Å². The summed E-state index contributed by atoms with van der Waals surface area (Å²) in [7, 11) is -2.37. The molecule has 0 saturated carbocycles. The molecule has 0 unspecified atom stereocenters. The van der Waals surface area contributed by atoms with E-state index in [1.165, 1.54) is 38.5 Å². The molecule has 98 valence electrons. The van der Waals surface area contributed by atoms with Gasteiger partial charge in [0.05, 0.1) is 6.61 Å². The largest absolute Gasteiger partial charge is 0.357 e. The summed E-state index contributed by atoms with van der Waals surface area (Å²) in [6.45, 7) is 2.63. The summed E-state index contributed by atoms with van der Waals surface area (Å²) < 4.78 is 4.18. The van der Waals surface area contributed by atoms with Crippen molar-refractivity contribution in [3.63, 3.8) is 0 Å². The van der Waals surface area contributed by atoms with E-state index in [1.807, 2.05) is 11.8 Å². The van der Waals surface area contributed by atoms with Crippen LogP contribution in [0.1, 0.15) is 45.4 Å². The number of hydrogen-bond donors (Lipinski definition) is 2. The van der Waals surface area contributed by atoms with E-state index in [0.29, 0.717) is 6.61 Å². The first kappa shape index (κ1) is 16.6. The molecule has 0 aliphatic carbocycles. The summed E-state index contributed by atoms with van der Waals surface area (Å²) in [6, 6.07) is 0. The van der Waals surface area contributed by atoms with Gasteiger partial charge in [-0.1, -0.05) is 39.0 Å². The fourth-order valence-electron chi connectivity index (χ4n) is 1.26. The Morgan fingerprint density at radius 2 is 1.69 bits per heavy atom. The number of hydrogen-bond acceptors (Lipinski definition) is 5. The van der Waals surface area contributed by atoms with Crippen LogP contribution in [0.3, 0.4) is 0 Å². The van der Waals surface area contributed by atoms with Gasteiger partial charge in [0.2, 0.25) is 0 Å². The molecule has 0 saturated heterocycles. The zero-order chi connectivity index (χ0) is 12.1. The van der Waals surface area contributed by atoms with Gasteiger partial charge in [-0.3, -0.25) is 0 Å². The van der Waals surface area contributed by atoms with Gasteiger partial charge in [-0.05, 0) is 12.2 Å². The Morgan fingerprint density at radius 1 is 1.00 bits per heavy atom. The van der Waals surface area contributed by atoms with Crippen LogP contribution in [0, 0.1) is 0 Å². The van der Waals surface area contributed by atoms with Crippen LogP contribution in [-0.2, 0) is 9.56 Å². The molecule has 0 spiro atoms. The predicted octanol–water partition coefficient (Wildman–Crippen LogP) is 3.24. The highest BCUT2D eigenvalue weighted by molar-refractivity contribution is 7.99. The molecule has 16 heavy (non-hydrogen) atoms. The second-order valence-electron chi connectivity index (χ2n) is 3.53. The van der Waals surface area contributed by atoms with Gasteiger partial charge in [0.1, 0.15) is 0 Å². The summed E-state index contributed by atoms with van der Waals surface area (Å²) in [5, 5.41) is 0. The van der Waals surface area contributed by atoms with Crippen LogP contribution >= 0.6 is 20.4 Å². The molecule has 0 atom stereocenters. The smallest absolute Gasteiger partial charge is 0.327 e. The van der Waals surface area contributed by atoms with Crippen molar-refractivity contribution in [2.75, 3.05) is 18.1 Å². The third-order valence-electron chi connectivity index (χ3n) is 2.07. The third-order valence-corrected chi connectivity index (χ3v) is 3.34. The Kier molecular flexibility index (Phi) is 14.2. The van der Waals surface area contributed by atoms with Crippen LogP contribution in [0.5, 0.6) is 0 Å². The lowest BCUT2D eigenvalue weighted by molar-refractivity contribution is -0.207. The fraction of sp³-hybridized carbons (Fsp3) is 1.00. The van der Waals surface area contributed by atoms with Gasteiger partial charge in [0.25, 0.3) is 0 Å². The second kappa shape index (κ2) is 13.7. The van der Waals surface area contributed by atoms with E-state index in [9.17, 15) is 0 Å². The van der Waals surface area contributed by atoms with Crippen molar-refractivity contribution in [1.29, 1.82) is 0 Å².